The van der Waals surface area contributed by atoms with Gasteiger partial charge in [-0.2, -0.15) is 12.6 Å². The minimum Gasteiger partial charge on any atom is -0.316 e. The van der Waals surface area contributed by atoms with Gasteiger partial charge in [-0.25, -0.2) is 0 Å². The zero-order valence-electron chi connectivity index (χ0n) is 5.29. The Morgan fingerprint density at radius 1 is 1.40 bits per heavy atom. The predicted octanol–water partition coefficient (Wildman–Crippen LogP) is 2.34. The van der Waals surface area contributed by atoms with Gasteiger partial charge in [-0.1, -0.05) is 34.1 Å². The van der Waals surface area contributed by atoms with Crippen LogP contribution in [0.3, 0.4) is 0 Å². The molecule has 1 aromatic carbocycles. The van der Waals surface area contributed by atoms with E-state index in [1.807, 2.05) is 24.3 Å². The number of nitrogens with two attached hydrogens (primary N) is 1. The van der Waals surface area contributed by atoms with Crippen LogP contribution in [0.4, 0.5) is 0 Å². The van der Waals surface area contributed by atoms with Crippen molar-refractivity contribution >= 4 is 28.6 Å². The molecule has 0 bridgehead atoms. The number of rotatable bonds is 1. The molecule has 0 aliphatic carbocycles. The second kappa shape index (κ2) is 3.42. The van der Waals surface area contributed by atoms with Gasteiger partial charge < -0.3 is 5.73 Å². The van der Waals surface area contributed by atoms with Gasteiger partial charge in [0.25, 0.3) is 0 Å². The first-order valence-electron chi connectivity index (χ1n) is 2.90. The molecule has 0 amide bonds. The fraction of sp³-hybridized carbons (Fsp3) is 0.143. The van der Waals surface area contributed by atoms with Crippen molar-refractivity contribution in [2.75, 3.05) is 0 Å². The van der Waals surface area contributed by atoms with Crippen molar-refractivity contribution in [3.63, 3.8) is 0 Å². The second-order valence-corrected chi connectivity index (χ2v) is 3.38. The van der Waals surface area contributed by atoms with E-state index in [1.54, 1.807) is 0 Å². The lowest BCUT2D eigenvalue weighted by atomic mass is 10.2. The molecule has 54 valence electrons. The Kier molecular flexibility index (Phi) is 2.77. The maximum absolute atomic E-state index is 5.55. The summed E-state index contributed by atoms with van der Waals surface area (Å²) in [6.07, 6.45) is 0. The van der Waals surface area contributed by atoms with Crippen LogP contribution in [-0.4, -0.2) is 0 Å². The molecule has 0 heterocycles. The Balaban J connectivity index is 3.03. The molecule has 0 aliphatic heterocycles. The number of benzene rings is 1. The van der Waals surface area contributed by atoms with Crippen molar-refractivity contribution < 1.29 is 0 Å². The van der Waals surface area contributed by atoms with Crippen LogP contribution < -0.4 is 5.73 Å². The molecule has 0 saturated heterocycles. The lowest BCUT2D eigenvalue weighted by molar-refractivity contribution is 1.04. The van der Waals surface area contributed by atoms with Crippen LogP contribution in [0.2, 0.25) is 0 Å². The van der Waals surface area contributed by atoms with Crippen molar-refractivity contribution in [1.82, 2.24) is 0 Å². The average Bonchev–Trinajstić information content (AvgIpc) is 1.88. The van der Waals surface area contributed by atoms with Gasteiger partial charge in [-0.05, 0) is 11.6 Å². The molecule has 1 rings (SSSR count). The highest BCUT2D eigenvalue weighted by Gasteiger charge is 2.02. The smallest absolute Gasteiger partial charge is 0.0745 e. The van der Waals surface area contributed by atoms with Gasteiger partial charge in [-0.15, -0.1) is 0 Å². The summed E-state index contributed by atoms with van der Waals surface area (Å²) in [5.74, 6) is 0. The van der Waals surface area contributed by atoms with Crippen molar-refractivity contribution in [2.24, 2.45) is 5.73 Å². The van der Waals surface area contributed by atoms with Crippen LogP contribution >= 0.6 is 28.6 Å². The Morgan fingerprint density at radius 3 is 2.40 bits per heavy atom. The summed E-state index contributed by atoms with van der Waals surface area (Å²) in [7, 11) is 0. The molecule has 10 heavy (non-hydrogen) atoms. The van der Waals surface area contributed by atoms with Gasteiger partial charge in [0.2, 0.25) is 0 Å². The van der Waals surface area contributed by atoms with Crippen molar-refractivity contribution in [3.8, 4) is 0 Å². The van der Waals surface area contributed by atoms with Crippen LogP contribution in [0.25, 0.3) is 0 Å². The maximum atomic E-state index is 5.55. The van der Waals surface area contributed by atoms with Crippen LogP contribution in [0, 0.1) is 0 Å². The Morgan fingerprint density at radius 2 is 2.00 bits per heavy atom. The minimum absolute atomic E-state index is 0.199. The first-order chi connectivity index (χ1) is 4.72. The highest BCUT2D eigenvalue weighted by molar-refractivity contribution is 9.10. The SMILES string of the molecule is NC(S)c1ccccc1Br. The van der Waals surface area contributed by atoms with Crippen LogP contribution in [-0.2, 0) is 0 Å². The van der Waals surface area contributed by atoms with E-state index in [9.17, 15) is 0 Å². The van der Waals surface area contributed by atoms with E-state index in [1.165, 1.54) is 0 Å². The average molecular weight is 218 g/mol. The Labute approximate surface area is 74.2 Å². The molecular formula is C7H8BrNS. The van der Waals surface area contributed by atoms with Gasteiger partial charge in [0.1, 0.15) is 0 Å². The van der Waals surface area contributed by atoms with E-state index >= 15 is 0 Å². The largest absolute Gasteiger partial charge is 0.316 e. The van der Waals surface area contributed by atoms with E-state index in [2.05, 4.69) is 28.6 Å². The van der Waals surface area contributed by atoms with Crippen LogP contribution in [0.5, 0.6) is 0 Å². The lowest BCUT2D eigenvalue weighted by Gasteiger charge is -2.05. The van der Waals surface area contributed by atoms with E-state index in [4.69, 9.17) is 5.73 Å². The summed E-state index contributed by atoms with van der Waals surface area (Å²) >= 11 is 7.47. The first-order valence-corrected chi connectivity index (χ1v) is 4.21. The van der Waals surface area contributed by atoms with Gasteiger partial charge in [0.05, 0.1) is 5.37 Å². The number of halogens is 1. The number of hydrogen-bond donors (Lipinski definition) is 2. The molecule has 1 unspecified atom stereocenters. The van der Waals surface area contributed by atoms with E-state index in [0.717, 1.165) is 10.0 Å². The quantitative estimate of drug-likeness (QED) is 0.549. The highest BCUT2D eigenvalue weighted by atomic mass is 79.9. The third-order valence-corrected chi connectivity index (χ3v) is 2.22. The molecule has 0 aliphatic rings. The summed E-state index contributed by atoms with van der Waals surface area (Å²) in [6, 6.07) is 7.78. The minimum atomic E-state index is -0.199. The van der Waals surface area contributed by atoms with Crippen molar-refractivity contribution in [1.29, 1.82) is 0 Å². The topological polar surface area (TPSA) is 26.0 Å². The second-order valence-electron chi connectivity index (χ2n) is 1.97. The first kappa shape index (κ1) is 8.11. The molecule has 0 saturated carbocycles. The van der Waals surface area contributed by atoms with Crippen LogP contribution in [0.15, 0.2) is 28.7 Å². The van der Waals surface area contributed by atoms with Gasteiger partial charge in [-0.3, -0.25) is 0 Å². The summed E-state index contributed by atoms with van der Waals surface area (Å²) in [6.45, 7) is 0. The molecule has 1 nitrogen and oxygen atoms in total. The summed E-state index contributed by atoms with van der Waals surface area (Å²) in [5.41, 5.74) is 6.57. The molecule has 0 aromatic heterocycles. The monoisotopic (exact) mass is 217 g/mol. The molecule has 2 N–H and O–H groups in total. The standard InChI is InChI=1S/C7H8BrNS/c8-6-4-2-1-3-5(6)7(9)10/h1-4,7,10H,9H2. The van der Waals surface area contributed by atoms with Crippen molar-refractivity contribution in [2.45, 2.75) is 5.37 Å². The molecule has 1 atom stereocenters. The zero-order valence-corrected chi connectivity index (χ0v) is 7.77. The Bertz CT molecular complexity index is 225. The van der Waals surface area contributed by atoms with Gasteiger partial charge in [0, 0.05) is 4.47 Å². The molecule has 0 radical (unpaired) electrons. The number of thiol groups is 1. The maximum Gasteiger partial charge on any atom is 0.0745 e. The molecule has 3 heteroatoms. The third-order valence-electron chi connectivity index (χ3n) is 1.22. The molecular weight excluding hydrogens is 210 g/mol. The third kappa shape index (κ3) is 1.75. The predicted molar refractivity (Wildman–Crippen MR) is 50.1 cm³/mol. The molecule has 0 spiro atoms. The highest BCUT2D eigenvalue weighted by Crippen LogP contribution is 2.22. The molecule has 1 aromatic rings. The van der Waals surface area contributed by atoms with Gasteiger partial charge in [0.15, 0.2) is 0 Å². The summed E-state index contributed by atoms with van der Waals surface area (Å²) in [4.78, 5) is 0. The normalized spacial score (nSPS) is 13.1. The lowest BCUT2D eigenvalue weighted by Crippen LogP contribution is -2.02. The fourth-order valence-electron chi connectivity index (χ4n) is 0.715. The van der Waals surface area contributed by atoms with Crippen LogP contribution in [0.1, 0.15) is 10.9 Å². The van der Waals surface area contributed by atoms with Crippen molar-refractivity contribution in [3.05, 3.63) is 34.3 Å². The van der Waals surface area contributed by atoms with E-state index in [0.29, 0.717) is 0 Å². The molecule has 0 fully saturated rings. The van der Waals surface area contributed by atoms with E-state index in [-0.39, 0.29) is 5.37 Å². The fourth-order valence-corrected chi connectivity index (χ4v) is 1.65. The van der Waals surface area contributed by atoms with E-state index < -0.39 is 0 Å². The Hall–Kier alpha value is 0.01000. The van der Waals surface area contributed by atoms with Gasteiger partial charge >= 0.3 is 0 Å². The number of hydrogen-bond acceptors (Lipinski definition) is 2. The zero-order chi connectivity index (χ0) is 7.56. The summed E-state index contributed by atoms with van der Waals surface area (Å²) in [5, 5.41) is -0.199. The summed E-state index contributed by atoms with van der Waals surface area (Å²) < 4.78 is 1.01.